The van der Waals surface area contributed by atoms with E-state index in [0.29, 0.717) is 5.25 Å². The van der Waals surface area contributed by atoms with Crippen LogP contribution in [0.25, 0.3) is 0 Å². The zero-order valence-electron chi connectivity index (χ0n) is 12.0. The van der Waals surface area contributed by atoms with Crippen molar-refractivity contribution in [2.75, 3.05) is 13.2 Å². The van der Waals surface area contributed by atoms with Crippen LogP contribution in [0.15, 0.2) is 24.3 Å². The zero-order valence-corrected chi connectivity index (χ0v) is 12.8. The molecule has 106 valence electrons. The molecule has 2 nitrogen and oxygen atoms in total. The fourth-order valence-electron chi connectivity index (χ4n) is 2.93. The molecule has 1 aromatic carbocycles. The molecular weight excluding hydrogens is 254 g/mol. The van der Waals surface area contributed by atoms with Crippen molar-refractivity contribution in [3.05, 3.63) is 35.4 Å². The Balaban J connectivity index is 1.87. The van der Waals surface area contributed by atoms with Crippen LogP contribution < -0.4 is 5.32 Å². The van der Waals surface area contributed by atoms with Gasteiger partial charge in [-0.3, -0.25) is 0 Å². The van der Waals surface area contributed by atoms with Crippen LogP contribution in [0.4, 0.5) is 0 Å². The first-order valence-electron chi connectivity index (χ1n) is 7.21. The minimum absolute atomic E-state index is 0.0157. The first kappa shape index (κ1) is 14.9. The van der Waals surface area contributed by atoms with E-state index in [0.717, 1.165) is 25.1 Å². The molecule has 0 spiro atoms. The topological polar surface area (TPSA) is 32.3 Å². The van der Waals surface area contributed by atoms with Gasteiger partial charge < -0.3 is 10.4 Å². The van der Waals surface area contributed by atoms with Gasteiger partial charge in [0.15, 0.2) is 0 Å². The Morgan fingerprint density at radius 1 is 1.42 bits per heavy atom. The Morgan fingerprint density at radius 2 is 2.21 bits per heavy atom. The largest absolute Gasteiger partial charge is 0.394 e. The Kier molecular flexibility index (Phi) is 5.31. The summed E-state index contributed by atoms with van der Waals surface area (Å²) in [6, 6.07) is 8.62. The lowest BCUT2D eigenvalue weighted by Crippen LogP contribution is -2.46. The highest BCUT2D eigenvalue weighted by Crippen LogP contribution is 2.38. The van der Waals surface area contributed by atoms with E-state index in [1.807, 2.05) is 11.8 Å². The average Bonchev–Trinajstić information content (AvgIpc) is 2.82. The van der Waals surface area contributed by atoms with Gasteiger partial charge in [-0.1, -0.05) is 31.2 Å². The van der Waals surface area contributed by atoms with Crippen molar-refractivity contribution in [1.29, 1.82) is 0 Å². The minimum Gasteiger partial charge on any atom is -0.394 e. The second-order valence-electron chi connectivity index (χ2n) is 5.57. The molecule has 3 heteroatoms. The molecule has 1 fully saturated rings. The lowest BCUT2D eigenvalue weighted by Gasteiger charge is -2.28. The number of benzene rings is 1. The van der Waals surface area contributed by atoms with Crippen LogP contribution >= 0.6 is 11.8 Å². The summed E-state index contributed by atoms with van der Waals surface area (Å²) in [6.45, 7) is 5.50. The smallest absolute Gasteiger partial charge is 0.0613 e. The number of hydrogen-bond acceptors (Lipinski definition) is 3. The molecule has 0 amide bonds. The number of nitrogens with one attached hydrogen (secondary N) is 1. The van der Waals surface area contributed by atoms with Crippen LogP contribution in [0.1, 0.15) is 37.3 Å². The number of rotatable bonds is 6. The van der Waals surface area contributed by atoms with Crippen molar-refractivity contribution in [3.63, 3.8) is 0 Å². The fourth-order valence-corrected chi connectivity index (χ4v) is 4.39. The van der Waals surface area contributed by atoms with Gasteiger partial charge in [-0.05, 0) is 43.9 Å². The molecular formula is C16H25NOS. The van der Waals surface area contributed by atoms with E-state index in [4.69, 9.17) is 0 Å². The van der Waals surface area contributed by atoms with E-state index in [2.05, 4.69) is 43.4 Å². The number of hydrogen-bond donors (Lipinski definition) is 2. The van der Waals surface area contributed by atoms with Crippen molar-refractivity contribution in [2.45, 2.75) is 49.7 Å². The predicted octanol–water partition coefficient (Wildman–Crippen LogP) is 3.12. The van der Waals surface area contributed by atoms with Crippen LogP contribution in [-0.4, -0.2) is 29.0 Å². The summed E-state index contributed by atoms with van der Waals surface area (Å²) >= 11 is 2.04. The summed E-state index contributed by atoms with van der Waals surface area (Å²) in [5.41, 5.74) is 2.81. The predicted molar refractivity (Wildman–Crippen MR) is 83.6 cm³/mol. The van der Waals surface area contributed by atoms with Crippen LogP contribution in [0.5, 0.6) is 0 Å². The molecule has 2 unspecified atom stereocenters. The maximum Gasteiger partial charge on any atom is 0.0613 e. The van der Waals surface area contributed by atoms with E-state index in [1.54, 1.807) is 0 Å². The highest BCUT2D eigenvalue weighted by Gasteiger charge is 2.37. The fraction of sp³-hybridized carbons (Fsp3) is 0.625. The molecule has 1 aliphatic rings. The van der Waals surface area contributed by atoms with Crippen molar-refractivity contribution in [1.82, 2.24) is 5.32 Å². The third-order valence-electron chi connectivity index (χ3n) is 4.15. The molecule has 1 aliphatic carbocycles. The van der Waals surface area contributed by atoms with Crippen LogP contribution in [0.2, 0.25) is 0 Å². The van der Waals surface area contributed by atoms with Gasteiger partial charge >= 0.3 is 0 Å². The molecule has 2 rings (SSSR count). The monoisotopic (exact) mass is 279 g/mol. The lowest BCUT2D eigenvalue weighted by atomic mass is 9.99. The molecule has 0 aliphatic heterocycles. The van der Waals surface area contributed by atoms with Gasteiger partial charge in [-0.15, -0.1) is 0 Å². The molecule has 0 radical (unpaired) electrons. The number of thioether (sulfide) groups is 1. The minimum atomic E-state index is -0.0157. The number of aliphatic hydroxyl groups excluding tert-OH is 1. The van der Waals surface area contributed by atoms with Crippen LogP contribution in [0.3, 0.4) is 0 Å². The summed E-state index contributed by atoms with van der Waals surface area (Å²) in [6.07, 6.45) is 3.40. The van der Waals surface area contributed by atoms with Gasteiger partial charge in [0.05, 0.1) is 6.61 Å². The van der Waals surface area contributed by atoms with Crippen LogP contribution in [0, 0.1) is 6.92 Å². The molecule has 0 bridgehead atoms. The first-order chi connectivity index (χ1) is 9.19. The quantitative estimate of drug-likeness (QED) is 0.839. The van der Waals surface area contributed by atoms with Crippen molar-refractivity contribution in [2.24, 2.45) is 0 Å². The molecule has 1 saturated carbocycles. The Morgan fingerprint density at radius 3 is 2.89 bits per heavy atom. The molecule has 19 heavy (non-hydrogen) atoms. The molecule has 0 aromatic heterocycles. The normalized spacial score (nSPS) is 26.8. The summed E-state index contributed by atoms with van der Waals surface area (Å²) < 4.78 is 0. The first-order valence-corrected chi connectivity index (χ1v) is 8.26. The molecule has 2 atom stereocenters. The summed E-state index contributed by atoms with van der Waals surface area (Å²) in [4.78, 5) is 0. The Bertz CT molecular complexity index is 409. The lowest BCUT2D eigenvalue weighted by molar-refractivity contribution is 0.167. The van der Waals surface area contributed by atoms with Gasteiger partial charge in [0.1, 0.15) is 0 Å². The van der Waals surface area contributed by atoms with E-state index >= 15 is 0 Å². The third kappa shape index (κ3) is 3.74. The van der Waals surface area contributed by atoms with E-state index < -0.39 is 0 Å². The van der Waals surface area contributed by atoms with Gasteiger partial charge in [0.25, 0.3) is 0 Å². The third-order valence-corrected chi connectivity index (χ3v) is 5.50. The van der Waals surface area contributed by atoms with E-state index in [-0.39, 0.29) is 12.1 Å². The van der Waals surface area contributed by atoms with Crippen molar-refractivity contribution in [3.8, 4) is 0 Å². The highest BCUT2D eigenvalue weighted by atomic mass is 32.2. The van der Waals surface area contributed by atoms with E-state index in [1.165, 1.54) is 17.5 Å². The van der Waals surface area contributed by atoms with Crippen molar-refractivity contribution >= 4 is 11.8 Å². The number of likely N-dealkylation sites (N-methyl/N-ethyl adjacent to an activating group) is 1. The van der Waals surface area contributed by atoms with Gasteiger partial charge in [-0.25, -0.2) is 0 Å². The van der Waals surface area contributed by atoms with Crippen LogP contribution in [-0.2, 0) is 5.75 Å². The standard InChI is InChI=1S/C16H25NOS/c1-3-17-16(12-18)9-8-15(10-16)19-11-14-7-5-4-6-13(14)2/h4-7,15,17-18H,3,8-12H2,1-2H3. The summed E-state index contributed by atoms with van der Waals surface area (Å²) in [5, 5.41) is 13.8. The second-order valence-corrected chi connectivity index (χ2v) is 6.86. The summed E-state index contributed by atoms with van der Waals surface area (Å²) in [7, 11) is 0. The molecule has 0 heterocycles. The van der Waals surface area contributed by atoms with Crippen molar-refractivity contribution < 1.29 is 5.11 Å². The maximum atomic E-state index is 9.62. The summed E-state index contributed by atoms with van der Waals surface area (Å²) in [5.74, 6) is 1.09. The maximum absolute atomic E-state index is 9.62. The van der Waals surface area contributed by atoms with Gasteiger partial charge in [0.2, 0.25) is 0 Å². The Hall–Kier alpha value is -0.510. The molecule has 2 N–H and O–H groups in total. The Labute approximate surface area is 121 Å². The SMILES string of the molecule is CCNC1(CO)CCC(SCc2ccccc2C)C1. The highest BCUT2D eigenvalue weighted by molar-refractivity contribution is 7.99. The zero-order chi connectivity index (χ0) is 13.7. The number of aliphatic hydroxyl groups is 1. The molecule has 0 saturated heterocycles. The second kappa shape index (κ2) is 6.78. The van der Waals surface area contributed by atoms with E-state index in [9.17, 15) is 5.11 Å². The van der Waals surface area contributed by atoms with Gasteiger partial charge in [0, 0.05) is 16.5 Å². The molecule has 1 aromatic rings. The average molecular weight is 279 g/mol. The number of aryl methyl sites for hydroxylation is 1. The van der Waals surface area contributed by atoms with Gasteiger partial charge in [-0.2, -0.15) is 11.8 Å².